The maximum absolute atomic E-state index is 2.75. The SMILES string of the molecule is Cc1cc2c3c(c1)N(c1ccc4c(c1)C(C)(C)CCC4(C)C)c1c(sc4cc5c(cc14)C(C)(C)CCC5(C)C)B3c1cc(C(C)(C)C)ccc1N2c1ccc(C(C)(C)C)cc1-c1cc(C(C)(C)C)cc(C(C)(C)C)c1. The van der Waals surface area contributed by atoms with Crippen molar-refractivity contribution in [2.24, 2.45) is 0 Å². The minimum atomic E-state index is -0.0455. The topological polar surface area (TPSA) is 6.48 Å². The molecule has 0 unspecified atom stereocenters. The number of benzene rings is 6. The first kappa shape index (κ1) is 52.0. The molecule has 3 heterocycles. The summed E-state index contributed by atoms with van der Waals surface area (Å²) in [5.41, 5.74) is 26.1. The summed E-state index contributed by atoms with van der Waals surface area (Å²) >= 11 is 2.07. The van der Waals surface area contributed by atoms with Gasteiger partial charge in [0.05, 0.1) is 11.4 Å². The van der Waals surface area contributed by atoms with Crippen LogP contribution in [0.3, 0.4) is 0 Å². The average molecular weight is 1010 g/mol. The van der Waals surface area contributed by atoms with Crippen LogP contribution in [0.1, 0.15) is 214 Å². The molecule has 2 aliphatic carbocycles. The third-order valence-electron chi connectivity index (χ3n) is 18.8. The molecule has 0 radical (unpaired) electrons. The van der Waals surface area contributed by atoms with E-state index in [4.69, 9.17) is 0 Å². The molecule has 1 aromatic heterocycles. The van der Waals surface area contributed by atoms with Crippen molar-refractivity contribution in [1.82, 2.24) is 0 Å². The predicted molar refractivity (Wildman–Crippen MR) is 331 cm³/mol. The lowest BCUT2D eigenvalue weighted by atomic mass is 9.36. The molecular weight excluding hydrogens is 924 g/mol. The molecule has 7 aromatic rings. The van der Waals surface area contributed by atoms with Gasteiger partial charge in [-0.2, -0.15) is 0 Å². The van der Waals surface area contributed by atoms with Crippen molar-refractivity contribution >= 4 is 78.0 Å². The number of aryl methyl sites for hydroxylation is 1. The normalized spacial score (nSPS) is 18.3. The third-order valence-corrected chi connectivity index (χ3v) is 20.0. The van der Waals surface area contributed by atoms with Gasteiger partial charge in [-0.25, -0.2) is 0 Å². The van der Waals surface area contributed by atoms with Crippen LogP contribution in [-0.4, -0.2) is 6.71 Å². The van der Waals surface area contributed by atoms with E-state index in [1.807, 2.05) is 0 Å². The lowest BCUT2D eigenvalue weighted by Crippen LogP contribution is -2.60. The van der Waals surface area contributed by atoms with E-state index in [-0.39, 0.29) is 50.0 Å². The Morgan fingerprint density at radius 2 is 0.920 bits per heavy atom. The smallest absolute Gasteiger partial charge is 0.264 e. The molecule has 0 atom stereocenters. The van der Waals surface area contributed by atoms with Crippen molar-refractivity contribution in [3.05, 3.63) is 147 Å². The van der Waals surface area contributed by atoms with Crippen molar-refractivity contribution in [2.45, 2.75) is 214 Å². The van der Waals surface area contributed by atoms with Crippen LogP contribution in [0.5, 0.6) is 0 Å². The zero-order valence-electron chi connectivity index (χ0n) is 49.9. The first-order chi connectivity index (χ1) is 34.6. The summed E-state index contributed by atoms with van der Waals surface area (Å²) in [6.07, 6.45) is 4.76. The summed E-state index contributed by atoms with van der Waals surface area (Å²) in [7, 11) is 0. The highest BCUT2D eigenvalue weighted by molar-refractivity contribution is 7.33. The molecule has 0 saturated carbocycles. The maximum Gasteiger partial charge on any atom is 0.264 e. The van der Waals surface area contributed by atoms with Gasteiger partial charge in [-0.3, -0.25) is 0 Å². The lowest BCUT2D eigenvalue weighted by Gasteiger charge is -2.45. The number of rotatable bonds is 3. The Kier molecular flexibility index (Phi) is 11.4. The number of anilines is 6. The second-order valence-corrected chi connectivity index (χ2v) is 31.7. The molecule has 4 heteroatoms. The van der Waals surface area contributed by atoms with Gasteiger partial charge < -0.3 is 9.80 Å². The van der Waals surface area contributed by atoms with E-state index in [1.54, 1.807) is 0 Å². The van der Waals surface area contributed by atoms with E-state index in [2.05, 4.69) is 264 Å². The average Bonchev–Trinajstić information content (AvgIpc) is 3.78. The van der Waals surface area contributed by atoms with E-state index in [0.29, 0.717) is 0 Å². The standard InChI is InChI=1S/C71H87BN2S/c1-42-32-58-61-59(33-42)74(56-26-22-44(64(2,3)4)37-49(56)43-34-46(66(8,9)10)36-47(35-43)67(11,12)13)57-27-23-45(65(5,6)7)38-55(57)72(61)63-62(50-40-53-54(41-60(50)75-63)71(20,21)31-30-70(53,18)19)73(58)48-24-25-51-52(39-48)69(16,17)29-28-68(51,14)15/h22-27,32-41H,28-31H2,1-21H3. The molecule has 0 amide bonds. The molecule has 390 valence electrons. The molecule has 0 spiro atoms. The molecule has 11 rings (SSSR count). The number of nitrogens with zero attached hydrogens (tertiary/aromatic N) is 2. The first-order valence-electron chi connectivity index (χ1n) is 28.5. The monoisotopic (exact) mass is 1010 g/mol. The van der Waals surface area contributed by atoms with Gasteiger partial charge in [-0.15, -0.1) is 11.3 Å². The number of fused-ring (bicyclic) bond motifs is 8. The molecule has 0 bridgehead atoms. The Morgan fingerprint density at radius 1 is 0.440 bits per heavy atom. The fourth-order valence-electron chi connectivity index (χ4n) is 13.5. The predicted octanol–water partition coefficient (Wildman–Crippen LogP) is 18.8. The highest BCUT2D eigenvalue weighted by atomic mass is 32.1. The minimum absolute atomic E-state index is 0.0282. The fraction of sp³-hybridized carbons (Fsp3) is 0.465. The first-order valence-corrected chi connectivity index (χ1v) is 29.4. The van der Waals surface area contributed by atoms with Gasteiger partial charge >= 0.3 is 0 Å². The van der Waals surface area contributed by atoms with Gasteiger partial charge in [0.1, 0.15) is 0 Å². The Balaban J connectivity index is 1.28. The van der Waals surface area contributed by atoms with Crippen LogP contribution in [0.25, 0.3) is 21.2 Å². The summed E-state index contributed by atoms with van der Waals surface area (Å²) in [6.45, 7) is 50.7. The van der Waals surface area contributed by atoms with E-state index in [1.165, 1.54) is 147 Å². The van der Waals surface area contributed by atoms with Crippen LogP contribution in [0.4, 0.5) is 34.1 Å². The summed E-state index contributed by atoms with van der Waals surface area (Å²) in [4.78, 5) is 5.45. The largest absolute Gasteiger partial charge is 0.311 e. The van der Waals surface area contributed by atoms with Crippen molar-refractivity contribution in [3.63, 3.8) is 0 Å². The lowest BCUT2D eigenvalue weighted by molar-refractivity contribution is 0.332. The number of thiophene rings is 1. The van der Waals surface area contributed by atoms with Crippen molar-refractivity contribution in [3.8, 4) is 11.1 Å². The van der Waals surface area contributed by atoms with Crippen LogP contribution < -0.4 is 25.5 Å². The molecule has 4 aliphatic rings. The van der Waals surface area contributed by atoms with Crippen LogP contribution in [-0.2, 0) is 43.3 Å². The maximum atomic E-state index is 2.75. The van der Waals surface area contributed by atoms with Crippen LogP contribution in [0.2, 0.25) is 0 Å². The summed E-state index contributed by atoms with van der Waals surface area (Å²) in [6, 6.07) is 40.5. The molecule has 0 saturated heterocycles. The van der Waals surface area contributed by atoms with Crippen LogP contribution >= 0.6 is 11.3 Å². The molecular formula is C71H87BN2S. The Bertz CT molecular complexity index is 3480. The zero-order valence-corrected chi connectivity index (χ0v) is 50.8. The van der Waals surface area contributed by atoms with Crippen LogP contribution in [0.15, 0.2) is 97.1 Å². The number of hydrogen-bond acceptors (Lipinski definition) is 3. The van der Waals surface area contributed by atoms with E-state index in [9.17, 15) is 0 Å². The summed E-state index contributed by atoms with van der Waals surface area (Å²) in [5.74, 6) is 0. The van der Waals surface area contributed by atoms with Gasteiger partial charge in [-0.05, 0) is 197 Å². The number of hydrogen-bond donors (Lipinski definition) is 0. The molecule has 75 heavy (non-hydrogen) atoms. The molecule has 0 fully saturated rings. The van der Waals surface area contributed by atoms with Crippen molar-refractivity contribution < 1.29 is 0 Å². The summed E-state index contributed by atoms with van der Waals surface area (Å²) < 4.78 is 2.87. The highest BCUT2D eigenvalue weighted by Crippen LogP contribution is 2.55. The van der Waals surface area contributed by atoms with E-state index in [0.717, 1.165) is 0 Å². The Labute approximate surface area is 457 Å². The molecule has 2 nitrogen and oxygen atoms in total. The molecule has 2 aliphatic heterocycles. The Morgan fingerprint density at radius 3 is 1.47 bits per heavy atom. The van der Waals surface area contributed by atoms with Crippen molar-refractivity contribution in [2.75, 3.05) is 9.80 Å². The second-order valence-electron chi connectivity index (χ2n) is 30.6. The van der Waals surface area contributed by atoms with Gasteiger partial charge in [0, 0.05) is 43.2 Å². The molecule has 6 aromatic carbocycles. The van der Waals surface area contributed by atoms with Gasteiger partial charge in [0.15, 0.2) is 0 Å². The highest BCUT2D eigenvalue weighted by Gasteiger charge is 2.48. The van der Waals surface area contributed by atoms with Gasteiger partial charge in [0.25, 0.3) is 6.71 Å². The van der Waals surface area contributed by atoms with Gasteiger partial charge in [0.2, 0.25) is 0 Å². The minimum Gasteiger partial charge on any atom is -0.311 e. The van der Waals surface area contributed by atoms with Gasteiger partial charge in [-0.1, -0.05) is 181 Å². The Hall–Kier alpha value is -5.06. The summed E-state index contributed by atoms with van der Waals surface area (Å²) in [5, 5.41) is 1.40. The second kappa shape index (κ2) is 16.5. The quantitative estimate of drug-likeness (QED) is 0.163. The third kappa shape index (κ3) is 8.39. The van der Waals surface area contributed by atoms with E-state index >= 15 is 0 Å². The molecule has 0 N–H and O–H groups in total. The van der Waals surface area contributed by atoms with Crippen LogP contribution in [0, 0.1) is 6.92 Å². The van der Waals surface area contributed by atoms with E-state index < -0.39 is 0 Å². The zero-order chi connectivity index (χ0) is 54.3. The van der Waals surface area contributed by atoms with Crippen molar-refractivity contribution in [1.29, 1.82) is 0 Å². The fourth-order valence-corrected chi connectivity index (χ4v) is 14.8.